The Hall–Kier alpha value is -4.00. The van der Waals surface area contributed by atoms with Crippen LogP contribution in [-0.4, -0.2) is 17.5 Å². The molecule has 0 bridgehead atoms. The Morgan fingerprint density at radius 3 is 2.48 bits per heavy atom. The Balaban J connectivity index is 1.62. The minimum atomic E-state index is -2.96. The molecule has 1 heterocycles. The molecule has 0 saturated heterocycles. The van der Waals surface area contributed by atoms with Crippen LogP contribution in [-0.2, 0) is 6.42 Å². The minimum absolute atomic E-state index is 0.0379. The van der Waals surface area contributed by atoms with Gasteiger partial charge in [0.2, 0.25) is 0 Å². The van der Waals surface area contributed by atoms with Crippen LogP contribution in [0.25, 0.3) is 10.8 Å². The molecule has 0 fully saturated rings. The Kier molecular flexibility index (Phi) is 5.75. The molecule has 2 N–H and O–H groups in total. The van der Waals surface area contributed by atoms with Crippen LogP contribution in [0.4, 0.5) is 14.5 Å². The van der Waals surface area contributed by atoms with Crippen LogP contribution in [0.15, 0.2) is 83.7 Å². The summed E-state index contributed by atoms with van der Waals surface area (Å²) in [5.74, 6) is -0.480. The van der Waals surface area contributed by atoms with Gasteiger partial charge in [-0.05, 0) is 41.3 Å². The van der Waals surface area contributed by atoms with Gasteiger partial charge in [0.15, 0.2) is 0 Å². The average molecular weight is 420 g/mol. The van der Waals surface area contributed by atoms with Crippen molar-refractivity contribution in [3.63, 3.8) is 0 Å². The number of halogens is 2. The highest BCUT2D eigenvalue weighted by Crippen LogP contribution is 2.27. The molecule has 0 radical (unpaired) electrons. The maximum atomic E-state index is 12.8. The summed E-state index contributed by atoms with van der Waals surface area (Å²) < 4.78 is 30.3. The lowest BCUT2D eigenvalue weighted by Gasteiger charge is -2.14. The lowest BCUT2D eigenvalue weighted by molar-refractivity contribution is -0.0503. The van der Waals surface area contributed by atoms with E-state index in [2.05, 4.69) is 15.0 Å². The molecule has 1 amide bonds. The van der Waals surface area contributed by atoms with E-state index in [9.17, 15) is 18.4 Å². The van der Waals surface area contributed by atoms with Crippen molar-refractivity contribution in [2.45, 2.75) is 13.0 Å². The van der Waals surface area contributed by atoms with Gasteiger partial charge in [-0.15, -0.1) is 0 Å². The van der Waals surface area contributed by atoms with Gasteiger partial charge < -0.3 is 15.0 Å². The van der Waals surface area contributed by atoms with E-state index in [0.29, 0.717) is 28.4 Å². The number of anilines is 1. The summed E-state index contributed by atoms with van der Waals surface area (Å²) in [6, 6.07) is 22.3. The monoisotopic (exact) mass is 420 g/mol. The van der Waals surface area contributed by atoms with Crippen LogP contribution in [0.2, 0.25) is 0 Å². The second-order valence-corrected chi connectivity index (χ2v) is 6.92. The number of carbonyl (C=O) groups is 1. The summed E-state index contributed by atoms with van der Waals surface area (Å²) in [7, 11) is 0. The molecule has 0 unspecified atom stereocenters. The number of fused-ring (bicyclic) bond motifs is 1. The molecule has 4 aromatic rings. The van der Waals surface area contributed by atoms with Crippen molar-refractivity contribution in [2.24, 2.45) is 0 Å². The molecule has 0 aliphatic carbocycles. The molecule has 156 valence electrons. The van der Waals surface area contributed by atoms with Gasteiger partial charge in [0.25, 0.3) is 11.5 Å². The third kappa shape index (κ3) is 4.78. The number of hydrogen-bond donors (Lipinski definition) is 2. The van der Waals surface area contributed by atoms with Crippen LogP contribution in [0.3, 0.4) is 0 Å². The summed E-state index contributed by atoms with van der Waals surface area (Å²) in [4.78, 5) is 27.5. The fourth-order valence-electron chi connectivity index (χ4n) is 3.35. The molecule has 5 nitrogen and oxygen atoms in total. The minimum Gasteiger partial charge on any atom is -0.435 e. The number of pyridine rings is 1. The summed E-state index contributed by atoms with van der Waals surface area (Å²) in [6.07, 6.45) is 0.347. The van der Waals surface area contributed by atoms with Crippen molar-refractivity contribution >= 4 is 22.4 Å². The first kappa shape index (κ1) is 20.3. The van der Waals surface area contributed by atoms with Gasteiger partial charge in [0.05, 0.1) is 0 Å². The van der Waals surface area contributed by atoms with E-state index in [1.165, 1.54) is 12.1 Å². The first-order valence-corrected chi connectivity index (χ1v) is 9.55. The van der Waals surface area contributed by atoms with E-state index in [4.69, 9.17) is 0 Å². The van der Waals surface area contributed by atoms with Crippen LogP contribution in [0.1, 0.15) is 21.6 Å². The molecule has 3 aromatic carbocycles. The molecule has 1 aromatic heterocycles. The molecular formula is C24H18F2N2O3. The fourth-order valence-corrected chi connectivity index (χ4v) is 3.35. The number of aromatic nitrogens is 1. The molecule has 7 heteroatoms. The maximum Gasteiger partial charge on any atom is 0.387 e. The van der Waals surface area contributed by atoms with Crippen molar-refractivity contribution in [3.8, 4) is 5.75 Å². The molecule has 4 rings (SSSR count). The van der Waals surface area contributed by atoms with Gasteiger partial charge in [-0.2, -0.15) is 8.78 Å². The van der Waals surface area contributed by atoms with Crippen molar-refractivity contribution in [3.05, 3.63) is 106 Å². The van der Waals surface area contributed by atoms with Crippen LogP contribution in [0, 0.1) is 0 Å². The Morgan fingerprint density at radius 2 is 1.71 bits per heavy atom. The molecule has 0 aliphatic heterocycles. The van der Waals surface area contributed by atoms with E-state index in [1.54, 1.807) is 36.4 Å². The lowest BCUT2D eigenvalue weighted by Crippen LogP contribution is -2.19. The predicted octanol–water partition coefficient (Wildman–Crippen LogP) is 4.97. The Morgan fingerprint density at radius 1 is 0.968 bits per heavy atom. The molecule has 0 spiro atoms. The zero-order valence-electron chi connectivity index (χ0n) is 16.3. The molecule has 0 aliphatic rings. The van der Waals surface area contributed by atoms with Gasteiger partial charge in [0, 0.05) is 23.1 Å². The average Bonchev–Trinajstić information content (AvgIpc) is 2.76. The molecule has 0 saturated carbocycles. The molecule has 0 atom stereocenters. The number of amides is 1. The quantitative estimate of drug-likeness (QED) is 0.463. The van der Waals surface area contributed by atoms with E-state index in [1.807, 2.05) is 30.3 Å². The highest BCUT2D eigenvalue weighted by atomic mass is 19.3. The third-order valence-corrected chi connectivity index (χ3v) is 4.77. The number of rotatable bonds is 6. The number of aromatic amines is 1. The fraction of sp³-hybridized carbons (Fsp3) is 0.0833. The Bertz CT molecular complexity index is 1290. The number of H-pyrrole nitrogens is 1. The summed E-state index contributed by atoms with van der Waals surface area (Å²) in [5.41, 5.74) is 1.53. The highest BCUT2D eigenvalue weighted by Gasteiger charge is 2.14. The zero-order chi connectivity index (χ0) is 21.8. The van der Waals surface area contributed by atoms with Crippen LogP contribution in [0.5, 0.6) is 5.75 Å². The van der Waals surface area contributed by atoms with Gasteiger partial charge in [-0.3, -0.25) is 9.59 Å². The number of ether oxygens (including phenoxy) is 1. The van der Waals surface area contributed by atoms with Crippen molar-refractivity contribution < 1.29 is 18.3 Å². The summed E-state index contributed by atoms with van der Waals surface area (Å²) in [5, 5.41) is 3.83. The zero-order valence-corrected chi connectivity index (χ0v) is 16.3. The van der Waals surface area contributed by atoms with E-state index in [0.717, 1.165) is 5.56 Å². The lowest BCUT2D eigenvalue weighted by atomic mass is 10.0. The van der Waals surface area contributed by atoms with Gasteiger partial charge in [-0.1, -0.05) is 48.5 Å². The summed E-state index contributed by atoms with van der Waals surface area (Å²) >= 11 is 0. The predicted molar refractivity (Wildman–Crippen MR) is 115 cm³/mol. The number of hydrogen-bond acceptors (Lipinski definition) is 3. The maximum absolute atomic E-state index is 12.8. The van der Waals surface area contributed by atoms with Gasteiger partial charge in [-0.25, -0.2) is 0 Å². The normalized spacial score (nSPS) is 10.9. The SMILES string of the molecule is O=C(Nc1ccc(OC(F)F)c(Cc2ccccc2)c1)c1cc2ccccc2c(=O)[nH]1. The second-order valence-electron chi connectivity index (χ2n) is 6.92. The summed E-state index contributed by atoms with van der Waals surface area (Å²) in [6.45, 7) is -2.96. The smallest absolute Gasteiger partial charge is 0.387 e. The van der Waals surface area contributed by atoms with E-state index < -0.39 is 12.5 Å². The van der Waals surface area contributed by atoms with Gasteiger partial charge >= 0.3 is 6.61 Å². The van der Waals surface area contributed by atoms with Crippen LogP contribution >= 0.6 is 0 Å². The van der Waals surface area contributed by atoms with E-state index in [-0.39, 0.29) is 17.0 Å². The number of carbonyl (C=O) groups excluding carboxylic acids is 1. The molecule has 31 heavy (non-hydrogen) atoms. The third-order valence-electron chi connectivity index (χ3n) is 4.77. The second kappa shape index (κ2) is 8.79. The largest absolute Gasteiger partial charge is 0.435 e. The first-order valence-electron chi connectivity index (χ1n) is 9.55. The topological polar surface area (TPSA) is 71.2 Å². The highest BCUT2D eigenvalue weighted by molar-refractivity contribution is 6.04. The number of benzene rings is 3. The van der Waals surface area contributed by atoms with Crippen LogP contribution < -0.4 is 15.6 Å². The molecular weight excluding hydrogens is 402 g/mol. The van der Waals surface area contributed by atoms with E-state index >= 15 is 0 Å². The van der Waals surface area contributed by atoms with Crippen molar-refractivity contribution in [1.82, 2.24) is 4.98 Å². The number of nitrogens with one attached hydrogen (secondary N) is 2. The number of alkyl halides is 2. The standard InChI is InChI=1S/C24H18F2N2O3/c25-24(26)31-21-11-10-18(13-17(21)12-15-6-2-1-3-7-15)27-23(30)20-14-16-8-4-5-9-19(16)22(29)28-20/h1-11,13-14,24H,12H2,(H,27,30)(H,28,29). The van der Waals surface area contributed by atoms with Gasteiger partial charge in [0.1, 0.15) is 11.4 Å². The Labute approximate surface area is 176 Å². The van der Waals surface area contributed by atoms with Crippen molar-refractivity contribution in [1.29, 1.82) is 0 Å². The first-order chi connectivity index (χ1) is 15.0. The van der Waals surface area contributed by atoms with Crippen molar-refractivity contribution in [2.75, 3.05) is 5.32 Å².